The lowest BCUT2D eigenvalue weighted by Gasteiger charge is -2.08. The van der Waals surface area contributed by atoms with Gasteiger partial charge in [0, 0.05) is 5.02 Å². The van der Waals surface area contributed by atoms with Crippen molar-refractivity contribution in [1.82, 2.24) is 5.32 Å². The summed E-state index contributed by atoms with van der Waals surface area (Å²) in [6, 6.07) is 6.80. The maximum atomic E-state index is 12.3. The maximum absolute atomic E-state index is 12.3. The number of halogens is 1. The Hall–Kier alpha value is -2.43. The zero-order valence-electron chi connectivity index (χ0n) is 14.0. The molecule has 2 aromatic rings. The van der Waals surface area contributed by atoms with E-state index in [0.717, 1.165) is 11.3 Å². The molecular weight excluding hydrogens is 416 g/mol. The van der Waals surface area contributed by atoms with E-state index in [1.165, 1.54) is 35.7 Å². The highest BCUT2D eigenvalue weighted by atomic mass is 35.5. The van der Waals surface area contributed by atoms with Crippen LogP contribution in [-0.4, -0.2) is 38.7 Å². The van der Waals surface area contributed by atoms with Crippen molar-refractivity contribution in [3.05, 3.63) is 46.3 Å². The largest absolute Gasteiger partial charge is 0.450 e. The number of carbonyl (C=O) groups excluding carboxylic acids is 3. The van der Waals surface area contributed by atoms with Gasteiger partial charge in [-0.05, 0) is 42.6 Å². The van der Waals surface area contributed by atoms with E-state index in [2.05, 4.69) is 10.1 Å². The number of rotatable bonds is 6. The Labute approximate surface area is 164 Å². The lowest BCUT2D eigenvalue weighted by molar-refractivity contribution is -0.113. The standard InChI is InChI=1S/C16H15ClN2O6S2/c1-2-25-16(22)19-14(21)12-7-8-26-15(12)18-13(20)9-27(23,24)11-5-3-10(17)4-6-11/h3-8H,2,9H2,1H3,(H,18,20)(H,19,21,22). The molecule has 0 fully saturated rings. The number of alkyl carbamates (subject to hydrolysis) is 1. The Morgan fingerprint density at radius 2 is 1.81 bits per heavy atom. The molecule has 8 nitrogen and oxygen atoms in total. The summed E-state index contributed by atoms with van der Waals surface area (Å²) < 4.78 is 29.2. The van der Waals surface area contributed by atoms with Crippen molar-refractivity contribution >= 4 is 55.7 Å². The Balaban J connectivity index is 2.06. The molecule has 0 aliphatic rings. The molecule has 27 heavy (non-hydrogen) atoms. The number of hydrogen-bond donors (Lipinski definition) is 2. The zero-order chi connectivity index (χ0) is 20.0. The van der Waals surface area contributed by atoms with Crippen LogP contribution in [0.2, 0.25) is 5.02 Å². The number of benzene rings is 1. The summed E-state index contributed by atoms with van der Waals surface area (Å²) in [5, 5.41) is 6.38. The highest BCUT2D eigenvalue weighted by Gasteiger charge is 2.22. The second-order valence-corrected chi connectivity index (χ2v) is 8.44. The Kier molecular flexibility index (Phi) is 6.94. The topological polar surface area (TPSA) is 119 Å². The highest BCUT2D eigenvalue weighted by molar-refractivity contribution is 7.92. The first-order chi connectivity index (χ1) is 12.7. The third kappa shape index (κ3) is 5.78. The lowest BCUT2D eigenvalue weighted by atomic mass is 10.3. The minimum absolute atomic E-state index is 0.0188. The van der Waals surface area contributed by atoms with Gasteiger partial charge in [0.25, 0.3) is 5.91 Å². The van der Waals surface area contributed by atoms with E-state index in [1.54, 1.807) is 6.92 Å². The van der Waals surface area contributed by atoms with Crippen LogP contribution in [0.15, 0.2) is 40.6 Å². The number of hydrogen-bond acceptors (Lipinski definition) is 7. The van der Waals surface area contributed by atoms with E-state index in [0.29, 0.717) is 5.02 Å². The SMILES string of the molecule is CCOC(=O)NC(=O)c1ccsc1NC(=O)CS(=O)(=O)c1ccc(Cl)cc1. The van der Waals surface area contributed by atoms with E-state index in [1.807, 2.05) is 5.32 Å². The van der Waals surface area contributed by atoms with Gasteiger partial charge in [-0.2, -0.15) is 0 Å². The van der Waals surface area contributed by atoms with Gasteiger partial charge >= 0.3 is 6.09 Å². The van der Waals surface area contributed by atoms with Crippen LogP contribution in [0, 0.1) is 0 Å². The van der Waals surface area contributed by atoms with Gasteiger partial charge in [-0.3, -0.25) is 14.9 Å². The molecule has 0 unspecified atom stereocenters. The van der Waals surface area contributed by atoms with Gasteiger partial charge in [-0.25, -0.2) is 13.2 Å². The average Bonchev–Trinajstić information content (AvgIpc) is 3.02. The predicted molar refractivity (Wildman–Crippen MR) is 101 cm³/mol. The van der Waals surface area contributed by atoms with Crippen molar-refractivity contribution in [3.63, 3.8) is 0 Å². The molecule has 3 amide bonds. The number of anilines is 1. The molecule has 1 aromatic carbocycles. The summed E-state index contributed by atoms with van der Waals surface area (Å²) >= 11 is 6.73. The lowest BCUT2D eigenvalue weighted by Crippen LogP contribution is -2.31. The second kappa shape index (κ2) is 8.98. The van der Waals surface area contributed by atoms with Gasteiger partial charge in [0.05, 0.1) is 17.1 Å². The van der Waals surface area contributed by atoms with Crippen molar-refractivity contribution in [2.45, 2.75) is 11.8 Å². The normalized spacial score (nSPS) is 10.9. The summed E-state index contributed by atoms with van der Waals surface area (Å²) in [7, 11) is -3.88. The smallest absolute Gasteiger partial charge is 0.414 e. The molecule has 2 N–H and O–H groups in total. The zero-order valence-corrected chi connectivity index (χ0v) is 16.4. The first-order valence-electron chi connectivity index (χ1n) is 7.56. The molecule has 0 saturated heterocycles. The van der Waals surface area contributed by atoms with Crippen LogP contribution in [-0.2, 0) is 19.4 Å². The third-order valence-electron chi connectivity index (χ3n) is 3.15. The van der Waals surface area contributed by atoms with E-state index in [9.17, 15) is 22.8 Å². The van der Waals surface area contributed by atoms with Crippen molar-refractivity contribution in [2.24, 2.45) is 0 Å². The van der Waals surface area contributed by atoms with Crippen molar-refractivity contribution in [2.75, 3.05) is 17.7 Å². The van der Waals surface area contributed by atoms with Crippen LogP contribution in [0.3, 0.4) is 0 Å². The fourth-order valence-corrected chi connectivity index (χ4v) is 4.03. The van der Waals surface area contributed by atoms with E-state index >= 15 is 0 Å². The molecule has 0 spiro atoms. The number of thiophene rings is 1. The van der Waals surface area contributed by atoms with Gasteiger partial charge in [0.15, 0.2) is 9.84 Å². The predicted octanol–water partition coefficient (Wildman–Crippen LogP) is 2.70. The molecule has 1 aromatic heterocycles. The summed E-state index contributed by atoms with van der Waals surface area (Å²) in [6.07, 6.45) is -0.920. The molecule has 0 radical (unpaired) electrons. The summed E-state index contributed by atoms with van der Waals surface area (Å²) in [4.78, 5) is 35.5. The monoisotopic (exact) mass is 430 g/mol. The van der Waals surface area contributed by atoms with E-state index in [4.69, 9.17) is 11.6 Å². The molecular formula is C16H15ClN2O6S2. The van der Waals surface area contributed by atoms with Crippen LogP contribution >= 0.6 is 22.9 Å². The van der Waals surface area contributed by atoms with Gasteiger partial charge < -0.3 is 10.1 Å². The molecule has 0 saturated carbocycles. The van der Waals surface area contributed by atoms with Gasteiger partial charge in [-0.15, -0.1) is 11.3 Å². The molecule has 1 heterocycles. The van der Waals surface area contributed by atoms with E-state index in [-0.39, 0.29) is 22.1 Å². The van der Waals surface area contributed by atoms with Crippen molar-refractivity contribution < 1.29 is 27.5 Å². The third-order valence-corrected chi connectivity index (χ3v) is 5.86. The maximum Gasteiger partial charge on any atom is 0.414 e. The first-order valence-corrected chi connectivity index (χ1v) is 10.5. The summed E-state index contributed by atoms with van der Waals surface area (Å²) in [6.45, 7) is 1.68. The fraction of sp³-hybridized carbons (Fsp3) is 0.188. The molecule has 144 valence electrons. The molecule has 2 rings (SSSR count). The highest BCUT2D eigenvalue weighted by Crippen LogP contribution is 2.23. The number of sulfone groups is 1. The Bertz CT molecular complexity index is 954. The van der Waals surface area contributed by atoms with Crippen LogP contribution in [0.1, 0.15) is 17.3 Å². The number of nitrogens with one attached hydrogen (secondary N) is 2. The minimum atomic E-state index is -3.88. The van der Waals surface area contributed by atoms with Crippen LogP contribution in [0.25, 0.3) is 0 Å². The quantitative estimate of drug-likeness (QED) is 0.727. The van der Waals surface area contributed by atoms with Gasteiger partial charge in [0.2, 0.25) is 5.91 Å². The number of carbonyl (C=O) groups is 3. The number of imide groups is 1. The molecule has 0 atom stereocenters. The second-order valence-electron chi connectivity index (χ2n) is 5.10. The summed E-state index contributed by atoms with van der Waals surface area (Å²) in [5.74, 6) is -2.41. The van der Waals surface area contributed by atoms with Gasteiger partial charge in [0.1, 0.15) is 10.8 Å². The van der Waals surface area contributed by atoms with Crippen LogP contribution < -0.4 is 10.6 Å². The van der Waals surface area contributed by atoms with Crippen LogP contribution in [0.5, 0.6) is 0 Å². The molecule has 0 aliphatic carbocycles. The van der Waals surface area contributed by atoms with Gasteiger partial charge in [-0.1, -0.05) is 11.6 Å². The number of amides is 3. The summed E-state index contributed by atoms with van der Waals surface area (Å²) in [5.41, 5.74) is 0.0188. The molecule has 0 bridgehead atoms. The van der Waals surface area contributed by atoms with Crippen molar-refractivity contribution in [3.8, 4) is 0 Å². The molecule has 0 aliphatic heterocycles. The fourth-order valence-electron chi connectivity index (χ4n) is 1.97. The van der Waals surface area contributed by atoms with Crippen LogP contribution in [0.4, 0.5) is 9.80 Å². The Morgan fingerprint density at radius 1 is 1.15 bits per heavy atom. The van der Waals surface area contributed by atoms with Crippen molar-refractivity contribution in [1.29, 1.82) is 0 Å². The molecule has 11 heteroatoms. The number of ether oxygens (including phenoxy) is 1. The minimum Gasteiger partial charge on any atom is -0.450 e. The first kappa shape index (κ1) is 20.9. The average molecular weight is 431 g/mol. The Morgan fingerprint density at radius 3 is 2.44 bits per heavy atom. The van der Waals surface area contributed by atoms with E-state index < -0.39 is 33.5 Å².